The van der Waals surface area contributed by atoms with Crippen LogP contribution in [0.3, 0.4) is 0 Å². The zero-order valence-corrected chi connectivity index (χ0v) is 14.3. The molecule has 0 saturated carbocycles. The Morgan fingerprint density at radius 3 is 2.92 bits per heavy atom. The molecule has 1 aromatic carbocycles. The molecular formula is C17H17FN4O2S. The molecule has 3 rings (SSSR count). The van der Waals surface area contributed by atoms with Gasteiger partial charge in [0.05, 0.1) is 16.7 Å². The third kappa shape index (κ3) is 4.09. The standard InChI is InChI=1S/C17H17FN4O2S/c1-11(23)7-8-19-17(24)15-20-16(14-6-3-9-25-14)22(21-15)13-5-2-4-12(18)10-13/h2-6,9-11,23H,7-8H2,1H3,(H,19,24). The fraction of sp³-hybridized carbons (Fsp3) is 0.235. The molecule has 2 N–H and O–H groups in total. The summed E-state index contributed by atoms with van der Waals surface area (Å²) in [6, 6.07) is 9.68. The molecule has 0 aliphatic carbocycles. The molecular weight excluding hydrogens is 343 g/mol. The highest BCUT2D eigenvalue weighted by molar-refractivity contribution is 7.13. The Labute approximate surface area is 148 Å². The van der Waals surface area contributed by atoms with E-state index >= 15 is 0 Å². The Morgan fingerprint density at radius 1 is 1.40 bits per heavy atom. The SMILES string of the molecule is CC(O)CCNC(=O)c1nc(-c2cccs2)n(-c2cccc(F)c2)n1. The van der Waals surface area contributed by atoms with E-state index < -0.39 is 17.8 Å². The zero-order chi connectivity index (χ0) is 17.8. The highest BCUT2D eigenvalue weighted by Gasteiger charge is 2.19. The molecule has 1 amide bonds. The highest BCUT2D eigenvalue weighted by Crippen LogP contribution is 2.25. The van der Waals surface area contributed by atoms with Crippen LogP contribution in [0.25, 0.3) is 16.4 Å². The van der Waals surface area contributed by atoms with E-state index in [1.807, 2.05) is 17.5 Å². The normalized spacial score (nSPS) is 12.1. The molecule has 2 heterocycles. The number of aliphatic hydroxyl groups excluding tert-OH is 1. The average molecular weight is 360 g/mol. The van der Waals surface area contributed by atoms with E-state index in [1.165, 1.54) is 28.2 Å². The number of hydrogen-bond acceptors (Lipinski definition) is 5. The Bertz CT molecular complexity index is 861. The van der Waals surface area contributed by atoms with Crippen LogP contribution in [0.15, 0.2) is 41.8 Å². The van der Waals surface area contributed by atoms with Crippen molar-refractivity contribution in [2.45, 2.75) is 19.4 Å². The quantitative estimate of drug-likeness (QED) is 0.708. The van der Waals surface area contributed by atoms with Crippen LogP contribution >= 0.6 is 11.3 Å². The maximum atomic E-state index is 13.6. The van der Waals surface area contributed by atoms with Gasteiger partial charge in [-0.25, -0.2) is 14.1 Å². The van der Waals surface area contributed by atoms with Crippen LogP contribution in [0, 0.1) is 5.82 Å². The summed E-state index contributed by atoms with van der Waals surface area (Å²) in [5.74, 6) is -0.360. The van der Waals surface area contributed by atoms with Gasteiger partial charge in [0.15, 0.2) is 5.82 Å². The molecule has 130 valence electrons. The van der Waals surface area contributed by atoms with E-state index in [1.54, 1.807) is 19.1 Å². The predicted octanol–water partition coefficient (Wildman–Crippen LogP) is 2.64. The first-order valence-corrected chi connectivity index (χ1v) is 8.65. The lowest BCUT2D eigenvalue weighted by Gasteiger charge is -2.04. The summed E-state index contributed by atoms with van der Waals surface area (Å²) in [6.07, 6.45) is -0.0616. The predicted molar refractivity (Wildman–Crippen MR) is 93.3 cm³/mol. The Hall–Kier alpha value is -2.58. The molecule has 0 radical (unpaired) electrons. The topological polar surface area (TPSA) is 80.0 Å². The summed E-state index contributed by atoms with van der Waals surface area (Å²) in [6.45, 7) is 1.97. The molecule has 3 aromatic rings. The van der Waals surface area contributed by atoms with Gasteiger partial charge in [0, 0.05) is 6.54 Å². The first-order valence-electron chi connectivity index (χ1n) is 7.78. The van der Waals surface area contributed by atoms with Crippen molar-refractivity contribution in [3.05, 3.63) is 53.4 Å². The second-order valence-corrected chi connectivity index (χ2v) is 6.47. The summed E-state index contributed by atoms with van der Waals surface area (Å²) >= 11 is 1.45. The molecule has 0 aliphatic heterocycles. The number of amides is 1. The number of benzene rings is 1. The molecule has 0 spiro atoms. The second-order valence-electron chi connectivity index (χ2n) is 5.52. The van der Waals surface area contributed by atoms with Crippen molar-refractivity contribution in [2.24, 2.45) is 0 Å². The van der Waals surface area contributed by atoms with E-state index in [0.29, 0.717) is 24.5 Å². The minimum atomic E-state index is -0.500. The molecule has 2 aromatic heterocycles. The molecule has 1 atom stereocenters. The number of hydrogen-bond donors (Lipinski definition) is 2. The van der Waals surface area contributed by atoms with Gasteiger partial charge in [-0.3, -0.25) is 4.79 Å². The lowest BCUT2D eigenvalue weighted by molar-refractivity contribution is 0.0935. The van der Waals surface area contributed by atoms with Crippen LogP contribution < -0.4 is 5.32 Å². The minimum Gasteiger partial charge on any atom is -0.393 e. The van der Waals surface area contributed by atoms with E-state index in [2.05, 4.69) is 15.4 Å². The molecule has 8 heteroatoms. The Balaban J connectivity index is 1.94. The lowest BCUT2D eigenvalue weighted by atomic mass is 10.3. The molecule has 1 unspecified atom stereocenters. The number of nitrogens with zero attached hydrogens (tertiary/aromatic N) is 3. The lowest BCUT2D eigenvalue weighted by Crippen LogP contribution is -2.27. The van der Waals surface area contributed by atoms with Crippen molar-refractivity contribution in [3.8, 4) is 16.4 Å². The molecule has 0 bridgehead atoms. The van der Waals surface area contributed by atoms with Gasteiger partial charge in [-0.05, 0) is 43.0 Å². The van der Waals surface area contributed by atoms with Crippen molar-refractivity contribution < 1.29 is 14.3 Å². The third-order valence-corrected chi connectivity index (χ3v) is 4.32. The second kappa shape index (κ2) is 7.54. The number of carbonyl (C=O) groups is 1. The monoisotopic (exact) mass is 360 g/mol. The van der Waals surface area contributed by atoms with Crippen LogP contribution in [0.4, 0.5) is 4.39 Å². The van der Waals surface area contributed by atoms with Crippen molar-refractivity contribution in [3.63, 3.8) is 0 Å². The number of halogens is 1. The third-order valence-electron chi connectivity index (χ3n) is 3.45. The number of thiophene rings is 1. The number of aliphatic hydroxyl groups is 1. The van der Waals surface area contributed by atoms with Crippen LogP contribution in [-0.2, 0) is 0 Å². The van der Waals surface area contributed by atoms with Gasteiger partial charge in [0.2, 0.25) is 5.82 Å². The summed E-state index contributed by atoms with van der Waals surface area (Å²) in [7, 11) is 0. The van der Waals surface area contributed by atoms with Gasteiger partial charge >= 0.3 is 0 Å². The van der Waals surface area contributed by atoms with E-state index in [9.17, 15) is 14.3 Å². The zero-order valence-electron chi connectivity index (χ0n) is 13.5. The number of nitrogens with one attached hydrogen (secondary N) is 1. The van der Waals surface area contributed by atoms with Crippen LogP contribution in [0.2, 0.25) is 0 Å². The van der Waals surface area contributed by atoms with Gasteiger partial charge in [0.1, 0.15) is 5.82 Å². The first-order chi connectivity index (χ1) is 12.0. The number of carbonyl (C=O) groups excluding carboxylic acids is 1. The number of aromatic nitrogens is 3. The maximum absolute atomic E-state index is 13.6. The molecule has 0 fully saturated rings. The van der Waals surface area contributed by atoms with Gasteiger partial charge in [-0.2, -0.15) is 0 Å². The molecule has 0 aliphatic rings. The summed E-state index contributed by atoms with van der Waals surface area (Å²) in [5, 5.41) is 18.1. The first kappa shape index (κ1) is 17.2. The van der Waals surface area contributed by atoms with E-state index in [4.69, 9.17) is 0 Å². The summed E-state index contributed by atoms with van der Waals surface area (Å²) < 4.78 is 15.0. The minimum absolute atomic E-state index is 0.00162. The Kier molecular flexibility index (Phi) is 5.20. The van der Waals surface area contributed by atoms with E-state index in [-0.39, 0.29) is 5.82 Å². The summed E-state index contributed by atoms with van der Waals surface area (Å²) in [5.41, 5.74) is 0.485. The highest BCUT2D eigenvalue weighted by atomic mass is 32.1. The Morgan fingerprint density at radius 2 is 2.24 bits per heavy atom. The van der Waals surface area contributed by atoms with Gasteiger partial charge in [-0.15, -0.1) is 16.4 Å². The number of rotatable bonds is 6. The molecule has 25 heavy (non-hydrogen) atoms. The van der Waals surface area contributed by atoms with Crippen LogP contribution in [-0.4, -0.2) is 38.4 Å². The fourth-order valence-electron chi connectivity index (χ4n) is 2.24. The van der Waals surface area contributed by atoms with Gasteiger partial charge < -0.3 is 10.4 Å². The van der Waals surface area contributed by atoms with Crippen molar-refractivity contribution >= 4 is 17.2 Å². The summed E-state index contributed by atoms with van der Waals surface area (Å²) in [4.78, 5) is 17.4. The van der Waals surface area contributed by atoms with Gasteiger partial charge in [-0.1, -0.05) is 12.1 Å². The van der Waals surface area contributed by atoms with Crippen molar-refractivity contribution in [1.82, 2.24) is 20.1 Å². The van der Waals surface area contributed by atoms with Crippen LogP contribution in [0.5, 0.6) is 0 Å². The van der Waals surface area contributed by atoms with Gasteiger partial charge in [0.25, 0.3) is 5.91 Å². The maximum Gasteiger partial charge on any atom is 0.290 e. The van der Waals surface area contributed by atoms with E-state index in [0.717, 1.165) is 4.88 Å². The van der Waals surface area contributed by atoms with Crippen LogP contribution in [0.1, 0.15) is 24.0 Å². The van der Waals surface area contributed by atoms with Crippen molar-refractivity contribution in [2.75, 3.05) is 6.54 Å². The molecule has 0 saturated heterocycles. The molecule has 6 nitrogen and oxygen atoms in total. The van der Waals surface area contributed by atoms with Crippen molar-refractivity contribution in [1.29, 1.82) is 0 Å². The smallest absolute Gasteiger partial charge is 0.290 e. The fourth-order valence-corrected chi connectivity index (χ4v) is 2.93. The average Bonchev–Trinajstić information content (AvgIpc) is 3.23. The largest absolute Gasteiger partial charge is 0.393 e.